The van der Waals surface area contributed by atoms with Gasteiger partial charge < -0.3 is 9.64 Å². The molecule has 9 heteroatoms. The highest BCUT2D eigenvalue weighted by atomic mass is 32.2. The Morgan fingerprint density at radius 2 is 2.16 bits per heavy atom. The summed E-state index contributed by atoms with van der Waals surface area (Å²) in [5, 5.41) is 0. The summed E-state index contributed by atoms with van der Waals surface area (Å²) in [4.78, 5) is 35.7. The fourth-order valence-corrected chi connectivity index (χ4v) is 5.88. The number of ether oxygens (including phenoxy) is 1. The summed E-state index contributed by atoms with van der Waals surface area (Å²) >= 11 is 6.74. The molecule has 1 amide bonds. The van der Waals surface area contributed by atoms with Crippen LogP contribution in [0.2, 0.25) is 0 Å². The molecule has 0 saturated carbocycles. The van der Waals surface area contributed by atoms with Crippen LogP contribution in [0.3, 0.4) is 0 Å². The predicted molar refractivity (Wildman–Crippen MR) is 131 cm³/mol. The second-order valence-electron chi connectivity index (χ2n) is 8.70. The van der Waals surface area contributed by atoms with E-state index in [0.29, 0.717) is 38.7 Å². The molecule has 0 unspecified atom stereocenters. The molecule has 3 fully saturated rings. The highest BCUT2D eigenvalue weighted by molar-refractivity contribution is 8.26. The number of hydrogen-bond donors (Lipinski definition) is 0. The van der Waals surface area contributed by atoms with Crippen molar-refractivity contribution in [1.29, 1.82) is 0 Å². The summed E-state index contributed by atoms with van der Waals surface area (Å²) in [6.07, 6.45) is 7.59. The Kier molecular flexibility index (Phi) is 6.05. The number of thiocarbonyl (C=S) groups is 1. The smallest absolute Gasteiger partial charge is 0.267 e. The number of pyridine rings is 1. The van der Waals surface area contributed by atoms with E-state index in [0.717, 1.165) is 39.0 Å². The van der Waals surface area contributed by atoms with E-state index in [1.54, 1.807) is 17.2 Å². The van der Waals surface area contributed by atoms with Crippen molar-refractivity contribution in [3.8, 4) is 0 Å². The van der Waals surface area contributed by atoms with E-state index in [-0.39, 0.29) is 17.6 Å². The van der Waals surface area contributed by atoms with Crippen molar-refractivity contribution >= 4 is 51.7 Å². The Labute approximate surface area is 196 Å². The second-order valence-corrected chi connectivity index (χ2v) is 10.4. The topological polar surface area (TPSA) is 67.2 Å². The quantitative estimate of drug-likeness (QED) is 0.502. The van der Waals surface area contributed by atoms with Crippen LogP contribution in [0.5, 0.6) is 0 Å². The highest BCUT2D eigenvalue weighted by Gasteiger charge is 2.35. The number of aromatic nitrogens is 2. The molecule has 2 atom stereocenters. The SMILES string of the molecule is C[C@@H]1CCCN(c2nc3ccccn3c(=O)c2/C=C2/SC(=S)N(C[C@@H]3CCCO3)C2=O)C1. The Morgan fingerprint density at radius 1 is 1.28 bits per heavy atom. The molecule has 0 bridgehead atoms. The summed E-state index contributed by atoms with van der Waals surface area (Å²) < 4.78 is 7.74. The van der Waals surface area contributed by atoms with Gasteiger partial charge in [0.25, 0.3) is 11.5 Å². The van der Waals surface area contributed by atoms with E-state index >= 15 is 0 Å². The second kappa shape index (κ2) is 8.96. The number of nitrogens with zero attached hydrogens (tertiary/aromatic N) is 4. The Morgan fingerprint density at radius 3 is 2.94 bits per heavy atom. The van der Waals surface area contributed by atoms with Gasteiger partial charge in [0.2, 0.25) is 0 Å². The molecule has 2 aromatic rings. The van der Waals surface area contributed by atoms with Crippen molar-refractivity contribution in [2.24, 2.45) is 5.92 Å². The van der Waals surface area contributed by atoms with Crippen LogP contribution >= 0.6 is 24.0 Å². The normalized spacial score (nSPS) is 25.5. The maximum atomic E-state index is 13.5. The van der Waals surface area contributed by atoms with E-state index in [1.807, 2.05) is 18.2 Å². The van der Waals surface area contributed by atoms with Crippen molar-refractivity contribution in [2.45, 2.75) is 38.7 Å². The first-order valence-electron chi connectivity index (χ1n) is 11.1. The van der Waals surface area contributed by atoms with E-state index in [9.17, 15) is 9.59 Å². The number of anilines is 1. The maximum Gasteiger partial charge on any atom is 0.267 e. The molecule has 0 spiro atoms. The van der Waals surface area contributed by atoms with Crippen LogP contribution in [0.1, 0.15) is 38.2 Å². The summed E-state index contributed by atoms with van der Waals surface area (Å²) in [5.41, 5.74) is 0.877. The molecule has 0 aliphatic carbocycles. The zero-order valence-electron chi connectivity index (χ0n) is 18.0. The molecular formula is C23H26N4O3S2. The lowest BCUT2D eigenvalue weighted by atomic mass is 10.00. The molecule has 3 aliphatic rings. The van der Waals surface area contributed by atoms with Crippen LogP contribution in [0.4, 0.5) is 5.82 Å². The third-order valence-corrected chi connectivity index (χ3v) is 7.64. The summed E-state index contributed by atoms with van der Waals surface area (Å²) in [6, 6.07) is 5.52. The third-order valence-electron chi connectivity index (χ3n) is 6.26. The van der Waals surface area contributed by atoms with Gasteiger partial charge in [0.05, 0.1) is 23.1 Å². The van der Waals surface area contributed by atoms with E-state index in [1.165, 1.54) is 22.6 Å². The Balaban J connectivity index is 1.55. The lowest BCUT2D eigenvalue weighted by molar-refractivity contribution is -0.123. The van der Waals surface area contributed by atoms with Crippen molar-refractivity contribution in [3.63, 3.8) is 0 Å². The van der Waals surface area contributed by atoms with E-state index in [4.69, 9.17) is 21.9 Å². The monoisotopic (exact) mass is 470 g/mol. The highest BCUT2D eigenvalue weighted by Crippen LogP contribution is 2.35. The number of hydrogen-bond acceptors (Lipinski definition) is 7. The zero-order valence-corrected chi connectivity index (χ0v) is 19.7. The molecule has 0 radical (unpaired) electrons. The van der Waals surface area contributed by atoms with Crippen LogP contribution in [-0.2, 0) is 9.53 Å². The first-order valence-corrected chi connectivity index (χ1v) is 12.4. The Bertz CT molecular complexity index is 1160. The van der Waals surface area contributed by atoms with Crippen molar-refractivity contribution < 1.29 is 9.53 Å². The van der Waals surface area contributed by atoms with Gasteiger partial charge in [0.1, 0.15) is 15.8 Å². The van der Waals surface area contributed by atoms with Gasteiger partial charge in [-0.2, -0.15) is 0 Å². The molecule has 0 N–H and O–H groups in total. The average Bonchev–Trinajstić information content (AvgIpc) is 3.39. The number of carbonyl (C=O) groups is 1. The molecule has 3 saturated heterocycles. The zero-order chi connectivity index (χ0) is 22.2. The minimum Gasteiger partial charge on any atom is -0.376 e. The minimum absolute atomic E-state index is 0.0233. The standard InChI is InChI=1S/C23H26N4O3S2/c1-15-6-4-9-25(13-15)20-17(21(28)26-10-3-2-8-19(26)24-20)12-18-22(29)27(23(31)32-18)14-16-7-5-11-30-16/h2-3,8,10,12,15-16H,4-7,9,11,13-14H2,1H3/b18-12+/t15-,16+/m1/s1. The van der Waals surface area contributed by atoms with E-state index in [2.05, 4.69) is 11.8 Å². The van der Waals surface area contributed by atoms with Crippen molar-refractivity contribution in [3.05, 3.63) is 45.2 Å². The van der Waals surface area contributed by atoms with Gasteiger partial charge in [-0.3, -0.25) is 18.9 Å². The molecule has 0 aromatic carbocycles. The largest absolute Gasteiger partial charge is 0.376 e. The number of carbonyl (C=O) groups excluding carboxylic acids is 1. The number of fused-ring (bicyclic) bond motifs is 1. The average molecular weight is 471 g/mol. The molecule has 7 nitrogen and oxygen atoms in total. The summed E-state index contributed by atoms with van der Waals surface area (Å²) in [6.45, 7) is 5.10. The third kappa shape index (κ3) is 4.09. The number of piperidine rings is 1. The molecule has 3 aliphatic heterocycles. The molecule has 5 heterocycles. The summed E-state index contributed by atoms with van der Waals surface area (Å²) in [5.74, 6) is 1.01. The van der Waals surface area contributed by atoms with Crippen LogP contribution in [0.25, 0.3) is 11.7 Å². The predicted octanol–water partition coefficient (Wildman–Crippen LogP) is 3.31. The maximum absolute atomic E-state index is 13.5. The first-order chi connectivity index (χ1) is 15.5. The fourth-order valence-electron chi connectivity index (χ4n) is 4.62. The Hall–Kier alpha value is -2.23. The van der Waals surface area contributed by atoms with Gasteiger partial charge in [-0.15, -0.1) is 0 Å². The lowest BCUT2D eigenvalue weighted by Gasteiger charge is -2.32. The van der Waals surface area contributed by atoms with Crippen LogP contribution in [0.15, 0.2) is 34.1 Å². The van der Waals surface area contributed by atoms with Gasteiger partial charge in [0, 0.05) is 25.9 Å². The molecule has 2 aromatic heterocycles. The lowest BCUT2D eigenvalue weighted by Crippen LogP contribution is -2.37. The van der Waals surface area contributed by atoms with Crippen molar-refractivity contribution in [1.82, 2.24) is 14.3 Å². The van der Waals surface area contributed by atoms with Crippen LogP contribution in [0, 0.1) is 5.92 Å². The van der Waals surface area contributed by atoms with E-state index < -0.39 is 0 Å². The van der Waals surface area contributed by atoms with Gasteiger partial charge in [-0.05, 0) is 49.8 Å². The fraction of sp³-hybridized carbons (Fsp3) is 0.478. The molecular weight excluding hydrogens is 444 g/mol. The van der Waals surface area contributed by atoms with Crippen molar-refractivity contribution in [2.75, 3.05) is 31.1 Å². The number of thioether (sulfide) groups is 1. The number of amides is 1. The van der Waals surface area contributed by atoms with Gasteiger partial charge >= 0.3 is 0 Å². The number of rotatable bonds is 4. The minimum atomic E-state index is -0.173. The molecule has 5 rings (SSSR count). The summed E-state index contributed by atoms with van der Waals surface area (Å²) in [7, 11) is 0. The van der Waals surface area contributed by atoms with Crippen LogP contribution in [-0.4, -0.2) is 56.9 Å². The van der Waals surface area contributed by atoms with Gasteiger partial charge in [0.15, 0.2) is 0 Å². The van der Waals surface area contributed by atoms with Crippen LogP contribution < -0.4 is 10.5 Å². The first kappa shape index (κ1) is 21.6. The molecule has 32 heavy (non-hydrogen) atoms. The van der Waals surface area contributed by atoms with Gasteiger partial charge in [-0.25, -0.2) is 4.98 Å². The molecule has 168 valence electrons. The van der Waals surface area contributed by atoms with Gasteiger partial charge in [-0.1, -0.05) is 37.0 Å².